The molecule has 2 heteroatoms. The van der Waals surface area contributed by atoms with E-state index in [1.807, 2.05) is 0 Å². The first-order valence-corrected chi connectivity index (χ1v) is 21.1. The molecule has 0 unspecified atom stereocenters. The van der Waals surface area contributed by atoms with Crippen LogP contribution in [0.3, 0.4) is 0 Å². The summed E-state index contributed by atoms with van der Waals surface area (Å²) in [5, 5.41) is 4.87. The molecule has 0 N–H and O–H groups in total. The largest absolute Gasteiger partial charge is 0.248 e. The smallest absolute Gasteiger partial charge is 0.0715 e. The van der Waals surface area contributed by atoms with Crippen LogP contribution in [0.15, 0.2) is 243 Å². The van der Waals surface area contributed by atoms with Gasteiger partial charge in [-0.1, -0.05) is 206 Å². The maximum absolute atomic E-state index is 5.16. The molecule has 2 aromatic heterocycles. The highest BCUT2D eigenvalue weighted by Gasteiger charge is 2.19. The standard InChI is InChI=1S/C60H40N2/c1-5-19-41(20-6-1)55-37-49(38-56(61-55)42-21-7-2-8-22-42)45-27-17-29-47(35-45)59-51-31-13-15-33-53(51)60(54-34-16-14-32-52(54)59)48-30-18-28-46(36-48)50-39-57(43-23-9-3-10-24-43)62-58(40-50)44-25-11-4-12-26-44/h1-40H. The average Bonchev–Trinajstić information content (AvgIpc) is 3.36. The van der Waals surface area contributed by atoms with Gasteiger partial charge < -0.3 is 0 Å². The second-order valence-electron chi connectivity index (χ2n) is 15.7. The molecule has 0 fully saturated rings. The lowest BCUT2D eigenvalue weighted by molar-refractivity contribution is 1.32. The Morgan fingerprint density at radius 3 is 0.710 bits per heavy atom. The minimum Gasteiger partial charge on any atom is -0.248 e. The topological polar surface area (TPSA) is 25.8 Å². The lowest BCUT2D eigenvalue weighted by Gasteiger charge is -2.19. The predicted molar refractivity (Wildman–Crippen MR) is 261 cm³/mol. The summed E-state index contributed by atoms with van der Waals surface area (Å²) in [6.07, 6.45) is 0. The molecule has 2 nitrogen and oxygen atoms in total. The van der Waals surface area contributed by atoms with Crippen molar-refractivity contribution in [1.82, 2.24) is 9.97 Å². The van der Waals surface area contributed by atoms with Crippen molar-refractivity contribution in [3.05, 3.63) is 243 Å². The molecule has 0 radical (unpaired) electrons. The molecule has 9 aromatic carbocycles. The maximum atomic E-state index is 5.16. The lowest BCUT2D eigenvalue weighted by Crippen LogP contribution is -1.93. The van der Waals surface area contributed by atoms with Gasteiger partial charge in [0.15, 0.2) is 0 Å². The second kappa shape index (κ2) is 16.1. The fourth-order valence-electron chi connectivity index (χ4n) is 8.88. The van der Waals surface area contributed by atoms with Crippen molar-refractivity contribution in [2.24, 2.45) is 0 Å². The summed E-state index contributed by atoms with van der Waals surface area (Å²) < 4.78 is 0. The van der Waals surface area contributed by atoms with Crippen molar-refractivity contribution >= 4 is 21.5 Å². The molecular formula is C60H40N2. The Morgan fingerprint density at radius 1 is 0.177 bits per heavy atom. The van der Waals surface area contributed by atoms with Gasteiger partial charge in [0, 0.05) is 22.3 Å². The van der Waals surface area contributed by atoms with Crippen LogP contribution in [-0.2, 0) is 0 Å². The van der Waals surface area contributed by atoms with Gasteiger partial charge in [0.1, 0.15) is 0 Å². The zero-order valence-corrected chi connectivity index (χ0v) is 34.0. The van der Waals surface area contributed by atoms with Gasteiger partial charge in [-0.25, -0.2) is 9.97 Å². The number of hydrogen-bond acceptors (Lipinski definition) is 2. The van der Waals surface area contributed by atoms with E-state index in [1.165, 1.54) is 43.8 Å². The van der Waals surface area contributed by atoms with E-state index in [2.05, 4.69) is 243 Å². The number of rotatable bonds is 8. The Morgan fingerprint density at radius 2 is 0.419 bits per heavy atom. The number of pyridine rings is 2. The SMILES string of the molecule is c1ccc(-c2cc(-c3cccc(-c4c5ccccc5c(-c5cccc(-c6cc(-c7ccccc7)nc(-c7ccccc7)c6)c5)c5ccccc45)c3)cc(-c3ccccc3)n2)cc1. The molecule has 0 amide bonds. The summed E-state index contributed by atoms with van der Waals surface area (Å²) in [5.41, 5.74) is 17.5. The maximum Gasteiger partial charge on any atom is 0.0715 e. The van der Waals surface area contributed by atoms with Gasteiger partial charge in [-0.15, -0.1) is 0 Å². The fraction of sp³-hybridized carbons (Fsp3) is 0. The van der Waals surface area contributed by atoms with E-state index in [0.717, 1.165) is 67.3 Å². The Bertz CT molecular complexity index is 2980. The first-order valence-electron chi connectivity index (χ1n) is 21.1. The van der Waals surface area contributed by atoms with Crippen molar-refractivity contribution in [2.45, 2.75) is 0 Å². The Kier molecular flexibility index (Phi) is 9.57. The van der Waals surface area contributed by atoms with E-state index in [0.29, 0.717) is 0 Å². The summed E-state index contributed by atoms with van der Waals surface area (Å²) in [6, 6.07) is 86.6. The van der Waals surface area contributed by atoms with Crippen molar-refractivity contribution in [1.29, 1.82) is 0 Å². The molecule has 0 atom stereocenters. The van der Waals surface area contributed by atoms with Crippen LogP contribution in [-0.4, -0.2) is 9.97 Å². The van der Waals surface area contributed by atoms with Crippen molar-refractivity contribution in [2.75, 3.05) is 0 Å². The number of fused-ring (bicyclic) bond motifs is 2. The highest BCUT2D eigenvalue weighted by molar-refractivity contribution is 6.21. The Balaban J connectivity index is 1.07. The summed E-state index contributed by atoms with van der Waals surface area (Å²) >= 11 is 0. The zero-order valence-electron chi connectivity index (χ0n) is 34.0. The third-order valence-electron chi connectivity index (χ3n) is 11.8. The van der Waals surface area contributed by atoms with Crippen LogP contribution in [0, 0.1) is 0 Å². The molecule has 290 valence electrons. The normalized spacial score (nSPS) is 11.2. The van der Waals surface area contributed by atoms with Crippen LogP contribution >= 0.6 is 0 Å². The van der Waals surface area contributed by atoms with E-state index >= 15 is 0 Å². The quantitative estimate of drug-likeness (QED) is 0.143. The lowest BCUT2D eigenvalue weighted by atomic mass is 9.85. The molecule has 11 aromatic rings. The van der Waals surface area contributed by atoms with Crippen LogP contribution in [0.2, 0.25) is 0 Å². The number of benzene rings is 9. The van der Waals surface area contributed by atoms with Gasteiger partial charge in [-0.2, -0.15) is 0 Å². The number of nitrogens with zero attached hydrogens (tertiary/aromatic N) is 2. The number of aromatic nitrogens is 2. The van der Waals surface area contributed by atoms with Gasteiger partial charge in [-0.05, 0) is 102 Å². The van der Waals surface area contributed by atoms with E-state index in [4.69, 9.17) is 9.97 Å². The Hall–Kier alpha value is -8.20. The molecule has 0 spiro atoms. The fourth-order valence-corrected chi connectivity index (χ4v) is 8.88. The van der Waals surface area contributed by atoms with Crippen LogP contribution in [0.1, 0.15) is 0 Å². The minimum absolute atomic E-state index is 0.953. The molecule has 0 saturated heterocycles. The first-order chi connectivity index (χ1) is 30.7. The summed E-state index contributed by atoms with van der Waals surface area (Å²) in [4.78, 5) is 10.3. The van der Waals surface area contributed by atoms with Gasteiger partial charge in [0.2, 0.25) is 0 Å². The average molecular weight is 789 g/mol. The second-order valence-corrected chi connectivity index (χ2v) is 15.7. The molecule has 0 bridgehead atoms. The molecule has 0 aliphatic rings. The molecule has 62 heavy (non-hydrogen) atoms. The van der Waals surface area contributed by atoms with E-state index in [-0.39, 0.29) is 0 Å². The van der Waals surface area contributed by atoms with Crippen LogP contribution in [0.25, 0.3) is 111 Å². The van der Waals surface area contributed by atoms with E-state index < -0.39 is 0 Å². The first kappa shape index (κ1) is 36.8. The molecule has 0 aliphatic carbocycles. The molecular weight excluding hydrogens is 749 g/mol. The predicted octanol–water partition coefficient (Wildman–Crippen LogP) is 16.1. The van der Waals surface area contributed by atoms with Crippen LogP contribution < -0.4 is 0 Å². The van der Waals surface area contributed by atoms with Crippen molar-refractivity contribution in [3.63, 3.8) is 0 Å². The highest BCUT2D eigenvalue weighted by Crippen LogP contribution is 2.45. The third kappa shape index (κ3) is 7.04. The minimum atomic E-state index is 0.953. The van der Waals surface area contributed by atoms with Crippen LogP contribution in [0.5, 0.6) is 0 Å². The van der Waals surface area contributed by atoms with Crippen molar-refractivity contribution < 1.29 is 0 Å². The third-order valence-corrected chi connectivity index (χ3v) is 11.8. The molecule has 2 heterocycles. The van der Waals surface area contributed by atoms with Gasteiger partial charge >= 0.3 is 0 Å². The van der Waals surface area contributed by atoms with Gasteiger partial charge in [0.25, 0.3) is 0 Å². The van der Waals surface area contributed by atoms with Crippen LogP contribution in [0.4, 0.5) is 0 Å². The zero-order chi connectivity index (χ0) is 41.2. The van der Waals surface area contributed by atoms with Crippen molar-refractivity contribution in [3.8, 4) is 89.5 Å². The molecule has 0 saturated carbocycles. The summed E-state index contributed by atoms with van der Waals surface area (Å²) in [6.45, 7) is 0. The van der Waals surface area contributed by atoms with Gasteiger partial charge in [0.05, 0.1) is 22.8 Å². The monoisotopic (exact) mass is 788 g/mol. The molecule has 0 aliphatic heterocycles. The van der Waals surface area contributed by atoms with E-state index in [9.17, 15) is 0 Å². The van der Waals surface area contributed by atoms with Gasteiger partial charge in [-0.3, -0.25) is 0 Å². The summed E-state index contributed by atoms with van der Waals surface area (Å²) in [5.74, 6) is 0. The van der Waals surface area contributed by atoms with E-state index in [1.54, 1.807) is 0 Å². The number of hydrogen-bond donors (Lipinski definition) is 0. The summed E-state index contributed by atoms with van der Waals surface area (Å²) in [7, 11) is 0. The Labute approximate surface area is 362 Å². The molecule has 11 rings (SSSR count). The highest BCUT2D eigenvalue weighted by atomic mass is 14.7.